The second-order valence-electron chi connectivity index (χ2n) is 7.01. The van der Waals surface area contributed by atoms with Gasteiger partial charge in [-0.2, -0.15) is 5.26 Å². The van der Waals surface area contributed by atoms with Gasteiger partial charge in [0.1, 0.15) is 17.4 Å². The molecular weight excluding hydrogens is 478 g/mol. The molecule has 0 radical (unpaired) electrons. The largest absolute Gasteiger partial charge is 0.497 e. The second kappa shape index (κ2) is 10.5. The number of nitrogens with zero attached hydrogens (tertiary/aromatic N) is 2. The molecule has 0 unspecified atom stereocenters. The third-order valence-corrected chi connectivity index (χ3v) is 6.92. The highest BCUT2D eigenvalue weighted by molar-refractivity contribution is 8.00. The average molecular weight is 500 g/mol. The predicted molar refractivity (Wildman–Crippen MR) is 128 cm³/mol. The molecule has 1 aromatic heterocycles. The van der Waals surface area contributed by atoms with E-state index in [0.717, 1.165) is 11.8 Å². The van der Waals surface area contributed by atoms with Gasteiger partial charge in [-0.3, -0.25) is 9.59 Å². The summed E-state index contributed by atoms with van der Waals surface area (Å²) in [5, 5.41) is 16.8. The lowest BCUT2D eigenvalue weighted by molar-refractivity contribution is -0.115. The molecule has 1 atom stereocenters. The maximum absolute atomic E-state index is 12.8. The van der Waals surface area contributed by atoms with Crippen molar-refractivity contribution >= 4 is 33.4 Å². The second-order valence-corrected chi connectivity index (χ2v) is 9.76. The molecule has 34 heavy (non-hydrogen) atoms. The van der Waals surface area contributed by atoms with Crippen LogP contribution in [0.25, 0.3) is 11.3 Å². The number of aromatic amines is 1. The van der Waals surface area contributed by atoms with Crippen LogP contribution in [0.4, 0.5) is 5.69 Å². The maximum Gasteiger partial charge on any atom is 0.270 e. The van der Waals surface area contributed by atoms with Crippen molar-refractivity contribution in [3.8, 4) is 23.1 Å². The first-order valence-corrected chi connectivity index (χ1v) is 12.4. The minimum atomic E-state index is -3.84. The van der Waals surface area contributed by atoms with Crippen LogP contribution in [0.15, 0.2) is 63.4 Å². The number of carbonyl (C=O) groups is 1. The Morgan fingerprint density at radius 3 is 2.41 bits per heavy atom. The van der Waals surface area contributed by atoms with E-state index in [1.807, 2.05) is 6.07 Å². The van der Waals surface area contributed by atoms with Crippen molar-refractivity contribution in [3.63, 3.8) is 0 Å². The highest BCUT2D eigenvalue weighted by atomic mass is 32.2. The van der Waals surface area contributed by atoms with Gasteiger partial charge >= 0.3 is 0 Å². The molecule has 0 aliphatic carbocycles. The van der Waals surface area contributed by atoms with Crippen LogP contribution in [0, 0.1) is 11.3 Å². The fourth-order valence-corrected chi connectivity index (χ4v) is 4.39. The van der Waals surface area contributed by atoms with Crippen molar-refractivity contribution in [2.24, 2.45) is 5.14 Å². The molecule has 0 aliphatic rings. The Balaban J connectivity index is 1.85. The van der Waals surface area contributed by atoms with E-state index in [9.17, 15) is 23.3 Å². The van der Waals surface area contributed by atoms with Gasteiger partial charge in [-0.1, -0.05) is 18.7 Å². The summed E-state index contributed by atoms with van der Waals surface area (Å²) in [5.74, 6) is 0.246. The van der Waals surface area contributed by atoms with Crippen LogP contribution in [0.3, 0.4) is 0 Å². The van der Waals surface area contributed by atoms with Gasteiger partial charge in [0, 0.05) is 11.3 Å². The standard InChI is InChI=1S/C22H21N5O5S2/c1-3-18(21(29)25-14-6-10-16(11-7-14)34(24,30)31)33-22-26-19(17(12-23)20(28)27-22)13-4-8-15(32-2)9-5-13/h4-11,18H,3H2,1-2H3,(H,25,29)(H2,24,30,31)(H,26,27,28)/t18-/m0/s1. The minimum Gasteiger partial charge on any atom is -0.497 e. The summed E-state index contributed by atoms with van der Waals surface area (Å²) >= 11 is 1.04. The summed E-state index contributed by atoms with van der Waals surface area (Å²) in [7, 11) is -2.31. The molecule has 0 aliphatic heterocycles. The van der Waals surface area contributed by atoms with E-state index in [0.29, 0.717) is 23.4 Å². The van der Waals surface area contributed by atoms with Crippen molar-refractivity contribution in [1.82, 2.24) is 9.97 Å². The van der Waals surface area contributed by atoms with Gasteiger partial charge in [0.05, 0.1) is 22.9 Å². The number of rotatable bonds is 8. The monoisotopic (exact) mass is 499 g/mol. The van der Waals surface area contributed by atoms with Crippen molar-refractivity contribution < 1.29 is 17.9 Å². The summed E-state index contributed by atoms with van der Waals surface area (Å²) in [6, 6.07) is 14.1. The Morgan fingerprint density at radius 1 is 1.24 bits per heavy atom. The van der Waals surface area contributed by atoms with Crippen LogP contribution in [-0.4, -0.2) is 36.7 Å². The molecule has 0 spiro atoms. The van der Waals surface area contributed by atoms with Gasteiger partial charge in [-0.25, -0.2) is 18.5 Å². The maximum atomic E-state index is 12.8. The summed E-state index contributed by atoms with van der Waals surface area (Å²) in [4.78, 5) is 32.2. The number of nitrogens with one attached hydrogen (secondary N) is 2. The number of nitrogens with two attached hydrogens (primary N) is 1. The van der Waals surface area contributed by atoms with Crippen LogP contribution >= 0.6 is 11.8 Å². The first kappa shape index (κ1) is 25.0. The number of H-pyrrole nitrogens is 1. The molecule has 0 fully saturated rings. The van der Waals surface area contributed by atoms with Crippen molar-refractivity contribution in [2.45, 2.75) is 28.6 Å². The molecule has 1 amide bonds. The molecule has 3 aromatic rings. The highest BCUT2D eigenvalue weighted by Crippen LogP contribution is 2.27. The van der Waals surface area contributed by atoms with Crippen molar-refractivity contribution in [2.75, 3.05) is 12.4 Å². The zero-order valence-corrected chi connectivity index (χ0v) is 19.9. The van der Waals surface area contributed by atoms with E-state index in [1.165, 1.54) is 31.4 Å². The average Bonchev–Trinajstić information content (AvgIpc) is 2.82. The molecule has 12 heteroatoms. The number of anilines is 1. The predicted octanol–water partition coefficient (Wildman–Crippen LogP) is 2.47. The summed E-state index contributed by atoms with van der Waals surface area (Å²) < 4.78 is 27.9. The molecule has 0 saturated heterocycles. The summed E-state index contributed by atoms with van der Waals surface area (Å²) in [6.45, 7) is 1.80. The number of amides is 1. The molecule has 3 rings (SSSR count). The molecular formula is C22H21N5O5S2. The molecule has 176 valence electrons. The number of sulfonamides is 1. The number of methoxy groups -OCH3 is 1. The number of carbonyl (C=O) groups excluding carboxylic acids is 1. The van der Waals surface area contributed by atoms with E-state index in [2.05, 4.69) is 15.3 Å². The number of thioether (sulfide) groups is 1. The molecule has 2 aromatic carbocycles. The van der Waals surface area contributed by atoms with E-state index in [4.69, 9.17) is 9.88 Å². The molecule has 0 saturated carbocycles. The quantitative estimate of drug-likeness (QED) is 0.314. The number of benzene rings is 2. The van der Waals surface area contributed by atoms with E-state index < -0.39 is 20.8 Å². The lowest BCUT2D eigenvalue weighted by Gasteiger charge is -2.15. The number of hydrogen-bond donors (Lipinski definition) is 3. The number of primary sulfonamides is 1. The minimum absolute atomic E-state index is 0.0719. The highest BCUT2D eigenvalue weighted by Gasteiger charge is 2.22. The van der Waals surface area contributed by atoms with E-state index in [1.54, 1.807) is 31.2 Å². The van der Waals surface area contributed by atoms with Gasteiger partial charge in [0.25, 0.3) is 5.56 Å². The Morgan fingerprint density at radius 2 is 1.88 bits per heavy atom. The molecule has 10 nitrogen and oxygen atoms in total. The van der Waals surface area contributed by atoms with Crippen LogP contribution in [0.1, 0.15) is 18.9 Å². The number of aromatic nitrogens is 2. The Labute approximate surface area is 200 Å². The number of nitriles is 1. The zero-order valence-electron chi connectivity index (χ0n) is 18.2. The first-order chi connectivity index (χ1) is 16.2. The normalized spacial score (nSPS) is 11.9. The smallest absolute Gasteiger partial charge is 0.270 e. The van der Waals surface area contributed by atoms with Crippen LogP contribution in [-0.2, 0) is 14.8 Å². The van der Waals surface area contributed by atoms with Gasteiger partial charge in [0.15, 0.2) is 5.16 Å². The van der Waals surface area contributed by atoms with Crippen molar-refractivity contribution in [3.05, 3.63) is 64.4 Å². The van der Waals surface area contributed by atoms with E-state index >= 15 is 0 Å². The van der Waals surface area contributed by atoms with Gasteiger partial charge in [-0.05, 0) is 55.0 Å². The van der Waals surface area contributed by atoms with Gasteiger partial charge < -0.3 is 15.0 Å². The Hall–Kier alpha value is -3.66. The first-order valence-electron chi connectivity index (χ1n) is 9.95. The van der Waals surface area contributed by atoms with Crippen LogP contribution in [0.2, 0.25) is 0 Å². The van der Waals surface area contributed by atoms with Gasteiger partial charge in [0.2, 0.25) is 15.9 Å². The van der Waals surface area contributed by atoms with Crippen LogP contribution < -0.4 is 20.8 Å². The topological polar surface area (TPSA) is 168 Å². The van der Waals surface area contributed by atoms with Crippen LogP contribution in [0.5, 0.6) is 5.75 Å². The fraction of sp³-hybridized carbons (Fsp3) is 0.182. The summed E-state index contributed by atoms with van der Waals surface area (Å²) in [5.41, 5.74) is 0.390. The number of ether oxygens (including phenoxy) is 1. The Bertz CT molecular complexity index is 1400. The third kappa shape index (κ3) is 5.82. The lowest BCUT2D eigenvalue weighted by atomic mass is 10.1. The number of hydrogen-bond acceptors (Lipinski definition) is 8. The Kier molecular flexibility index (Phi) is 7.72. The SMILES string of the molecule is CC[C@H](Sc1nc(-c2ccc(OC)cc2)c(C#N)c(=O)[nH]1)C(=O)Nc1ccc(S(N)(=O)=O)cc1. The van der Waals surface area contributed by atoms with E-state index in [-0.39, 0.29) is 27.2 Å². The van der Waals surface area contributed by atoms with Crippen molar-refractivity contribution in [1.29, 1.82) is 5.26 Å². The fourth-order valence-electron chi connectivity index (χ4n) is 2.98. The molecule has 1 heterocycles. The lowest BCUT2D eigenvalue weighted by Crippen LogP contribution is -2.25. The van der Waals surface area contributed by atoms with Gasteiger partial charge in [-0.15, -0.1) is 0 Å². The zero-order chi connectivity index (χ0) is 24.9. The third-order valence-electron chi connectivity index (χ3n) is 4.74. The summed E-state index contributed by atoms with van der Waals surface area (Å²) in [6.07, 6.45) is 0.410. The molecule has 4 N–H and O–H groups in total. The molecule has 0 bridgehead atoms.